The SMILES string of the molecule is CC(O)C(C)N(C)Cc1cnn(C)c1. The minimum Gasteiger partial charge on any atom is -0.392 e. The highest BCUT2D eigenvalue weighted by molar-refractivity contribution is 5.03. The van der Waals surface area contributed by atoms with Gasteiger partial charge in [-0.25, -0.2) is 0 Å². The van der Waals surface area contributed by atoms with Gasteiger partial charge in [-0.2, -0.15) is 5.10 Å². The van der Waals surface area contributed by atoms with E-state index in [1.165, 1.54) is 5.56 Å². The van der Waals surface area contributed by atoms with Crippen LogP contribution in [-0.2, 0) is 13.6 Å². The molecule has 0 fully saturated rings. The predicted molar refractivity (Wildman–Crippen MR) is 55.8 cm³/mol. The molecule has 0 bridgehead atoms. The summed E-state index contributed by atoms with van der Waals surface area (Å²) in [6, 6.07) is 0.162. The van der Waals surface area contributed by atoms with Crippen LogP contribution in [0.25, 0.3) is 0 Å². The molecule has 2 unspecified atom stereocenters. The molecule has 14 heavy (non-hydrogen) atoms. The molecule has 0 aliphatic rings. The first-order chi connectivity index (χ1) is 6.50. The second-order valence-electron chi connectivity index (χ2n) is 3.92. The zero-order chi connectivity index (χ0) is 10.7. The summed E-state index contributed by atoms with van der Waals surface area (Å²) < 4.78 is 1.79. The second kappa shape index (κ2) is 4.57. The molecule has 0 saturated heterocycles. The molecule has 0 saturated carbocycles. The summed E-state index contributed by atoms with van der Waals surface area (Å²) in [4.78, 5) is 2.11. The fourth-order valence-electron chi connectivity index (χ4n) is 1.35. The number of likely N-dealkylation sites (N-methyl/N-ethyl adjacent to an activating group) is 1. The van der Waals surface area contributed by atoms with Gasteiger partial charge in [0.1, 0.15) is 0 Å². The van der Waals surface area contributed by atoms with E-state index in [9.17, 15) is 5.11 Å². The minimum absolute atomic E-state index is 0.162. The average Bonchev–Trinajstić information content (AvgIpc) is 2.49. The molecule has 0 aliphatic heterocycles. The Morgan fingerprint density at radius 3 is 2.64 bits per heavy atom. The standard InChI is InChI=1S/C10H19N3O/c1-8(9(2)14)12(3)6-10-5-11-13(4)7-10/h5,7-9,14H,6H2,1-4H3. The number of hydrogen-bond donors (Lipinski definition) is 1. The van der Waals surface area contributed by atoms with E-state index >= 15 is 0 Å². The first-order valence-electron chi connectivity index (χ1n) is 4.86. The van der Waals surface area contributed by atoms with Crippen LogP contribution in [-0.4, -0.2) is 39.0 Å². The largest absolute Gasteiger partial charge is 0.392 e. The minimum atomic E-state index is -0.309. The monoisotopic (exact) mass is 197 g/mol. The number of aliphatic hydroxyl groups excluding tert-OH is 1. The summed E-state index contributed by atoms with van der Waals surface area (Å²) in [6.07, 6.45) is 3.54. The Hall–Kier alpha value is -0.870. The average molecular weight is 197 g/mol. The van der Waals surface area contributed by atoms with Crippen molar-refractivity contribution in [3.63, 3.8) is 0 Å². The third-order valence-corrected chi connectivity index (χ3v) is 2.58. The molecule has 1 heterocycles. The van der Waals surface area contributed by atoms with E-state index in [4.69, 9.17) is 0 Å². The second-order valence-corrected chi connectivity index (χ2v) is 3.92. The third-order valence-electron chi connectivity index (χ3n) is 2.58. The van der Waals surface area contributed by atoms with Gasteiger partial charge in [0.2, 0.25) is 0 Å². The lowest BCUT2D eigenvalue weighted by Crippen LogP contribution is -2.36. The maximum atomic E-state index is 9.41. The summed E-state index contributed by atoms with van der Waals surface area (Å²) in [5, 5.41) is 13.5. The quantitative estimate of drug-likeness (QED) is 0.769. The van der Waals surface area contributed by atoms with E-state index in [-0.39, 0.29) is 12.1 Å². The molecular weight excluding hydrogens is 178 g/mol. The van der Waals surface area contributed by atoms with Crippen molar-refractivity contribution in [3.8, 4) is 0 Å². The first-order valence-corrected chi connectivity index (χ1v) is 4.86. The van der Waals surface area contributed by atoms with Gasteiger partial charge in [0.25, 0.3) is 0 Å². The van der Waals surface area contributed by atoms with Gasteiger partial charge in [-0.1, -0.05) is 0 Å². The Balaban J connectivity index is 2.52. The Bertz CT molecular complexity index is 283. The Morgan fingerprint density at radius 1 is 1.57 bits per heavy atom. The highest BCUT2D eigenvalue weighted by atomic mass is 16.3. The summed E-state index contributed by atoms with van der Waals surface area (Å²) in [5.41, 5.74) is 1.17. The zero-order valence-electron chi connectivity index (χ0n) is 9.31. The van der Waals surface area contributed by atoms with Crippen LogP contribution in [0, 0.1) is 0 Å². The van der Waals surface area contributed by atoms with E-state index in [0.717, 1.165) is 6.54 Å². The van der Waals surface area contributed by atoms with Gasteiger partial charge in [0.15, 0.2) is 0 Å². The van der Waals surface area contributed by atoms with Gasteiger partial charge in [-0.05, 0) is 20.9 Å². The molecular formula is C10H19N3O. The zero-order valence-corrected chi connectivity index (χ0v) is 9.31. The summed E-state index contributed by atoms with van der Waals surface area (Å²) >= 11 is 0. The van der Waals surface area contributed by atoms with Crippen LogP contribution in [0.15, 0.2) is 12.4 Å². The lowest BCUT2D eigenvalue weighted by molar-refractivity contribution is 0.0828. The highest BCUT2D eigenvalue weighted by Crippen LogP contribution is 2.07. The van der Waals surface area contributed by atoms with Crippen molar-refractivity contribution < 1.29 is 5.11 Å². The number of aryl methyl sites for hydroxylation is 1. The normalized spacial score (nSPS) is 15.9. The molecule has 1 rings (SSSR count). The topological polar surface area (TPSA) is 41.3 Å². The third kappa shape index (κ3) is 2.82. The van der Waals surface area contributed by atoms with Gasteiger partial charge in [-0.3, -0.25) is 9.58 Å². The Labute approximate surface area is 85.1 Å². The summed E-state index contributed by atoms with van der Waals surface area (Å²) in [7, 11) is 3.91. The molecule has 4 heteroatoms. The van der Waals surface area contributed by atoms with Crippen molar-refractivity contribution in [1.29, 1.82) is 0 Å². The smallest absolute Gasteiger partial charge is 0.0664 e. The molecule has 1 aromatic heterocycles. The molecule has 0 spiro atoms. The van der Waals surface area contributed by atoms with Crippen molar-refractivity contribution in [2.75, 3.05) is 7.05 Å². The van der Waals surface area contributed by atoms with Crippen molar-refractivity contribution in [1.82, 2.24) is 14.7 Å². The van der Waals surface area contributed by atoms with Crippen molar-refractivity contribution in [2.45, 2.75) is 32.5 Å². The van der Waals surface area contributed by atoms with Crippen molar-refractivity contribution in [3.05, 3.63) is 18.0 Å². The highest BCUT2D eigenvalue weighted by Gasteiger charge is 2.14. The van der Waals surface area contributed by atoms with Crippen LogP contribution in [0.5, 0.6) is 0 Å². The van der Waals surface area contributed by atoms with Gasteiger partial charge in [-0.15, -0.1) is 0 Å². The van der Waals surface area contributed by atoms with Crippen molar-refractivity contribution >= 4 is 0 Å². The van der Waals surface area contributed by atoms with Crippen LogP contribution < -0.4 is 0 Å². The van der Waals surface area contributed by atoms with Gasteiger partial charge >= 0.3 is 0 Å². The molecule has 4 nitrogen and oxygen atoms in total. The van der Waals surface area contributed by atoms with E-state index in [1.807, 2.05) is 40.3 Å². The number of nitrogens with zero attached hydrogens (tertiary/aromatic N) is 3. The number of rotatable bonds is 4. The van der Waals surface area contributed by atoms with Gasteiger partial charge in [0.05, 0.1) is 12.3 Å². The summed E-state index contributed by atoms with van der Waals surface area (Å²) in [5.74, 6) is 0. The van der Waals surface area contributed by atoms with E-state index in [1.54, 1.807) is 4.68 Å². The fraction of sp³-hybridized carbons (Fsp3) is 0.700. The van der Waals surface area contributed by atoms with Gasteiger partial charge in [0, 0.05) is 31.4 Å². The van der Waals surface area contributed by atoms with Crippen LogP contribution in [0.3, 0.4) is 0 Å². The van der Waals surface area contributed by atoms with Crippen LogP contribution in [0.1, 0.15) is 19.4 Å². The van der Waals surface area contributed by atoms with E-state index in [2.05, 4.69) is 10.00 Å². The molecule has 0 aromatic carbocycles. The molecule has 2 atom stereocenters. The van der Waals surface area contributed by atoms with E-state index in [0.29, 0.717) is 0 Å². The summed E-state index contributed by atoms with van der Waals surface area (Å²) in [6.45, 7) is 4.64. The van der Waals surface area contributed by atoms with E-state index < -0.39 is 0 Å². The first kappa shape index (κ1) is 11.2. The maximum Gasteiger partial charge on any atom is 0.0664 e. The Kier molecular flexibility index (Phi) is 3.66. The number of aromatic nitrogens is 2. The Morgan fingerprint density at radius 2 is 2.21 bits per heavy atom. The fourth-order valence-corrected chi connectivity index (χ4v) is 1.35. The number of hydrogen-bond acceptors (Lipinski definition) is 3. The predicted octanol–water partition coefficient (Wildman–Crippen LogP) is 0.621. The lowest BCUT2D eigenvalue weighted by Gasteiger charge is -2.26. The van der Waals surface area contributed by atoms with Crippen molar-refractivity contribution in [2.24, 2.45) is 7.05 Å². The molecule has 80 valence electrons. The van der Waals surface area contributed by atoms with Gasteiger partial charge < -0.3 is 5.11 Å². The van der Waals surface area contributed by atoms with Crippen LogP contribution >= 0.6 is 0 Å². The molecule has 0 radical (unpaired) electrons. The van der Waals surface area contributed by atoms with Crippen LogP contribution in [0.4, 0.5) is 0 Å². The van der Waals surface area contributed by atoms with Crippen LogP contribution in [0.2, 0.25) is 0 Å². The molecule has 0 amide bonds. The molecule has 1 N–H and O–H groups in total. The lowest BCUT2D eigenvalue weighted by atomic mass is 10.2. The maximum absolute atomic E-state index is 9.41. The molecule has 0 aliphatic carbocycles. The molecule has 1 aromatic rings. The number of aliphatic hydroxyl groups is 1.